The highest BCUT2D eigenvalue weighted by Gasteiger charge is 2.37. The molecule has 0 unspecified atom stereocenters. The maximum Gasteiger partial charge on any atom is 0.245 e. The van der Waals surface area contributed by atoms with Gasteiger partial charge < -0.3 is 0 Å². The molecule has 0 fully saturated rings. The Bertz CT molecular complexity index is 899. The van der Waals surface area contributed by atoms with Crippen LogP contribution in [0.4, 0.5) is 0 Å². The Morgan fingerprint density at radius 1 is 1.04 bits per heavy atom. The molecule has 0 heterocycles. The second-order valence-electron chi connectivity index (χ2n) is 8.65. The first-order valence-corrected chi connectivity index (χ1v) is 9.72. The SMILES string of the molecule is Cc1cccc([C@@H](CC2=CC(=O)CC(C)(C)C2)[C@H](c2ccccc2)[N+](=O)[O-])c1. The fraction of sp³-hybridized carbons (Fsp3) is 0.375. The molecule has 0 aromatic heterocycles. The van der Waals surface area contributed by atoms with E-state index in [1.807, 2.05) is 61.5 Å². The predicted octanol–water partition coefficient (Wildman–Crippen LogP) is 5.80. The second kappa shape index (κ2) is 8.09. The number of hydrogen-bond acceptors (Lipinski definition) is 3. The molecule has 0 saturated heterocycles. The van der Waals surface area contributed by atoms with E-state index in [1.165, 1.54) is 0 Å². The third-order valence-electron chi connectivity index (χ3n) is 5.43. The van der Waals surface area contributed by atoms with Gasteiger partial charge in [0.25, 0.3) is 0 Å². The molecule has 0 aliphatic heterocycles. The quantitative estimate of drug-likeness (QED) is 0.472. The van der Waals surface area contributed by atoms with Crippen molar-refractivity contribution in [1.82, 2.24) is 0 Å². The fourth-order valence-electron chi connectivity index (χ4n) is 4.36. The monoisotopic (exact) mass is 377 g/mol. The van der Waals surface area contributed by atoms with Gasteiger partial charge in [0, 0.05) is 16.9 Å². The molecule has 146 valence electrons. The molecule has 1 aliphatic carbocycles. The Morgan fingerprint density at radius 3 is 2.32 bits per heavy atom. The predicted molar refractivity (Wildman–Crippen MR) is 111 cm³/mol. The lowest BCUT2D eigenvalue weighted by atomic mass is 9.73. The molecule has 0 spiro atoms. The van der Waals surface area contributed by atoms with Gasteiger partial charge in [0.2, 0.25) is 6.04 Å². The van der Waals surface area contributed by atoms with Crippen LogP contribution in [-0.4, -0.2) is 10.7 Å². The Kier molecular flexibility index (Phi) is 5.78. The largest absolute Gasteiger partial charge is 0.295 e. The number of nitrogens with zero attached hydrogens (tertiary/aromatic N) is 1. The third-order valence-corrected chi connectivity index (χ3v) is 5.43. The molecular weight excluding hydrogens is 350 g/mol. The van der Waals surface area contributed by atoms with Gasteiger partial charge in [0.05, 0.1) is 5.92 Å². The molecule has 28 heavy (non-hydrogen) atoms. The highest BCUT2D eigenvalue weighted by Crippen LogP contribution is 2.43. The highest BCUT2D eigenvalue weighted by atomic mass is 16.6. The average Bonchev–Trinajstić information content (AvgIpc) is 2.60. The van der Waals surface area contributed by atoms with Gasteiger partial charge in [-0.15, -0.1) is 0 Å². The number of carbonyl (C=O) groups excluding carboxylic acids is 1. The van der Waals surface area contributed by atoms with Gasteiger partial charge in [-0.3, -0.25) is 14.9 Å². The van der Waals surface area contributed by atoms with Gasteiger partial charge in [-0.2, -0.15) is 0 Å². The van der Waals surface area contributed by atoms with Crippen LogP contribution in [0.25, 0.3) is 0 Å². The van der Waals surface area contributed by atoms with Crippen LogP contribution in [0.1, 0.15) is 61.8 Å². The lowest BCUT2D eigenvalue weighted by Crippen LogP contribution is -2.25. The van der Waals surface area contributed by atoms with Gasteiger partial charge in [-0.25, -0.2) is 0 Å². The summed E-state index contributed by atoms with van der Waals surface area (Å²) in [6, 6.07) is 16.3. The molecule has 0 bridgehead atoms. The smallest absolute Gasteiger partial charge is 0.245 e. The van der Waals surface area contributed by atoms with Crippen LogP contribution in [0.2, 0.25) is 0 Å². The van der Waals surface area contributed by atoms with E-state index in [2.05, 4.69) is 13.8 Å². The maximum absolute atomic E-state index is 12.2. The van der Waals surface area contributed by atoms with Crippen molar-refractivity contribution in [2.75, 3.05) is 0 Å². The van der Waals surface area contributed by atoms with Gasteiger partial charge in [-0.1, -0.05) is 79.6 Å². The number of nitro groups is 1. The molecule has 2 aromatic carbocycles. The van der Waals surface area contributed by atoms with E-state index in [1.54, 1.807) is 6.08 Å². The Hall–Kier alpha value is -2.75. The summed E-state index contributed by atoms with van der Waals surface area (Å²) in [5.41, 5.74) is 3.63. The van der Waals surface area contributed by atoms with E-state index >= 15 is 0 Å². The van der Waals surface area contributed by atoms with Gasteiger partial charge in [0.1, 0.15) is 0 Å². The number of benzene rings is 2. The molecule has 4 nitrogen and oxygen atoms in total. The number of aryl methyl sites for hydroxylation is 1. The van der Waals surface area contributed by atoms with E-state index in [9.17, 15) is 14.9 Å². The van der Waals surface area contributed by atoms with Crippen LogP contribution < -0.4 is 0 Å². The summed E-state index contributed by atoms with van der Waals surface area (Å²) in [5.74, 6) is -0.211. The lowest BCUT2D eigenvalue weighted by Gasteiger charge is -2.31. The van der Waals surface area contributed by atoms with Gasteiger partial charge >= 0.3 is 0 Å². The van der Waals surface area contributed by atoms with Crippen molar-refractivity contribution in [2.45, 2.75) is 52.0 Å². The lowest BCUT2D eigenvalue weighted by molar-refractivity contribution is -0.533. The van der Waals surface area contributed by atoms with Crippen LogP contribution in [0.5, 0.6) is 0 Å². The van der Waals surface area contributed by atoms with Crippen molar-refractivity contribution in [1.29, 1.82) is 0 Å². The second-order valence-corrected chi connectivity index (χ2v) is 8.65. The molecule has 4 heteroatoms. The fourth-order valence-corrected chi connectivity index (χ4v) is 4.36. The summed E-state index contributed by atoms with van der Waals surface area (Å²) in [6.45, 7) is 6.17. The first-order valence-electron chi connectivity index (χ1n) is 9.72. The number of carbonyl (C=O) groups is 1. The van der Waals surface area contributed by atoms with Crippen molar-refractivity contribution < 1.29 is 9.72 Å². The third kappa shape index (κ3) is 4.75. The van der Waals surface area contributed by atoms with Crippen molar-refractivity contribution in [3.8, 4) is 0 Å². The average molecular weight is 377 g/mol. The van der Waals surface area contributed by atoms with E-state index in [-0.39, 0.29) is 22.0 Å². The van der Waals surface area contributed by atoms with Crippen molar-refractivity contribution >= 4 is 5.78 Å². The van der Waals surface area contributed by atoms with Crippen molar-refractivity contribution in [3.05, 3.63) is 93.1 Å². The summed E-state index contributed by atoms with van der Waals surface area (Å²) in [4.78, 5) is 24.2. The summed E-state index contributed by atoms with van der Waals surface area (Å²) in [7, 11) is 0. The minimum atomic E-state index is -0.857. The van der Waals surface area contributed by atoms with Gasteiger partial charge in [0.15, 0.2) is 5.78 Å². The first kappa shape index (κ1) is 20.0. The Morgan fingerprint density at radius 2 is 1.71 bits per heavy atom. The standard InChI is InChI=1S/C24H27NO3/c1-17-8-7-11-20(12-17)22(14-18-13-21(26)16-24(2,3)15-18)23(25(27)28)19-9-5-4-6-10-19/h4-13,22-23H,14-16H2,1-3H3/t22-,23+/m1/s1. The van der Waals surface area contributed by atoms with Crippen LogP contribution in [0.3, 0.4) is 0 Å². The zero-order chi connectivity index (χ0) is 20.3. The Balaban J connectivity index is 2.05. The highest BCUT2D eigenvalue weighted by molar-refractivity contribution is 5.91. The van der Waals surface area contributed by atoms with Crippen molar-refractivity contribution in [2.24, 2.45) is 5.41 Å². The molecule has 0 amide bonds. The summed E-state index contributed by atoms with van der Waals surface area (Å²) < 4.78 is 0. The molecule has 0 radical (unpaired) electrons. The minimum Gasteiger partial charge on any atom is -0.295 e. The number of hydrogen-bond donors (Lipinski definition) is 0. The molecule has 1 aliphatic rings. The van der Waals surface area contributed by atoms with Crippen molar-refractivity contribution in [3.63, 3.8) is 0 Å². The first-order chi connectivity index (χ1) is 13.2. The molecular formula is C24H27NO3. The van der Waals surface area contributed by atoms with E-state index < -0.39 is 6.04 Å². The van der Waals surface area contributed by atoms with Crippen LogP contribution in [0.15, 0.2) is 66.2 Å². The molecule has 0 saturated carbocycles. The van der Waals surface area contributed by atoms with Crippen LogP contribution in [0, 0.1) is 22.5 Å². The number of ketones is 1. The molecule has 3 rings (SSSR count). The van der Waals surface area contributed by atoms with E-state index in [4.69, 9.17) is 0 Å². The zero-order valence-corrected chi connectivity index (χ0v) is 16.7. The van der Waals surface area contributed by atoms with Crippen LogP contribution >= 0.6 is 0 Å². The topological polar surface area (TPSA) is 60.2 Å². The molecule has 2 aromatic rings. The normalized spacial score (nSPS) is 18.2. The van der Waals surface area contributed by atoms with Gasteiger partial charge in [-0.05, 0) is 36.8 Å². The van der Waals surface area contributed by atoms with Crippen LogP contribution in [-0.2, 0) is 4.79 Å². The zero-order valence-electron chi connectivity index (χ0n) is 16.7. The Labute approximate surface area is 166 Å². The van der Waals surface area contributed by atoms with E-state index in [0.29, 0.717) is 18.4 Å². The maximum atomic E-state index is 12.2. The number of allylic oxidation sites excluding steroid dienone is 2. The molecule has 2 atom stereocenters. The summed E-state index contributed by atoms with van der Waals surface area (Å²) >= 11 is 0. The summed E-state index contributed by atoms with van der Waals surface area (Å²) in [5, 5.41) is 12.2. The summed E-state index contributed by atoms with van der Waals surface area (Å²) in [6.07, 6.45) is 3.55. The minimum absolute atomic E-state index is 0.102. The van der Waals surface area contributed by atoms with E-state index in [0.717, 1.165) is 23.1 Å². The number of rotatable bonds is 6. The molecule has 0 N–H and O–H groups in total.